The van der Waals surface area contributed by atoms with Crippen LogP contribution < -0.4 is 10.1 Å². The Labute approximate surface area is 99.5 Å². The van der Waals surface area contributed by atoms with Gasteiger partial charge >= 0.3 is 0 Å². The van der Waals surface area contributed by atoms with Crippen LogP contribution in [-0.2, 0) is 0 Å². The van der Waals surface area contributed by atoms with Crippen LogP contribution in [0.25, 0.3) is 0 Å². The van der Waals surface area contributed by atoms with Crippen molar-refractivity contribution in [2.75, 3.05) is 13.1 Å². The predicted octanol–water partition coefficient (Wildman–Crippen LogP) is 2.99. The summed E-state index contributed by atoms with van der Waals surface area (Å²) in [5, 5.41) is 3.22. The van der Waals surface area contributed by atoms with Crippen molar-refractivity contribution in [3.63, 3.8) is 0 Å². The summed E-state index contributed by atoms with van der Waals surface area (Å²) in [7, 11) is 0. The fourth-order valence-electron chi connectivity index (χ4n) is 1.19. The molecule has 0 heterocycles. The van der Waals surface area contributed by atoms with Crippen molar-refractivity contribution in [1.29, 1.82) is 0 Å². The van der Waals surface area contributed by atoms with Crippen molar-refractivity contribution < 1.29 is 4.74 Å². The molecule has 2 nitrogen and oxygen atoms in total. The fourth-order valence-corrected chi connectivity index (χ4v) is 1.57. The first kappa shape index (κ1) is 12.3. The zero-order valence-electron chi connectivity index (χ0n) is 8.87. The molecule has 0 spiro atoms. The van der Waals surface area contributed by atoms with Crippen LogP contribution in [0.3, 0.4) is 0 Å². The second-order valence-electron chi connectivity index (χ2n) is 3.31. The quantitative estimate of drug-likeness (QED) is 0.633. The van der Waals surface area contributed by atoms with E-state index in [1.165, 1.54) is 0 Å². The van der Waals surface area contributed by atoms with Crippen LogP contribution in [0, 0.1) is 0 Å². The highest BCUT2D eigenvalue weighted by Gasteiger charge is 2.05. The van der Waals surface area contributed by atoms with Gasteiger partial charge in [0.15, 0.2) is 0 Å². The molecule has 1 N–H and O–H groups in total. The molecule has 1 rings (SSSR count). The Morgan fingerprint density at radius 1 is 1.53 bits per heavy atom. The lowest BCUT2D eigenvalue weighted by Gasteiger charge is -2.15. The summed E-state index contributed by atoms with van der Waals surface area (Å²) in [5.41, 5.74) is 0. The number of hydrogen-bond donors (Lipinski definition) is 1. The number of ether oxygens (including phenoxy) is 1. The summed E-state index contributed by atoms with van der Waals surface area (Å²) in [6, 6.07) is 7.86. The van der Waals surface area contributed by atoms with Gasteiger partial charge < -0.3 is 10.1 Å². The van der Waals surface area contributed by atoms with Crippen LogP contribution in [0.2, 0.25) is 0 Å². The molecule has 0 bridgehead atoms. The van der Waals surface area contributed by atoms with Crippen molar-refractivity contribution in [2.45, 2.75) is 13.0 Å². The normalized spacial score (nSPS) is 12.1. The third-order valence-corrected chi connectivity index (χ3v) is 2.54. The molecule has 0 radical (unpaired) electrons. The minimum absolute atomic E-state index is 0.142. The number of hydrogen-bond acceptors (Lipinski definition) is 2. The smallest absolute Gasteiger partial charge is 0.133 e. The van der Waals surface area contributed by atoms with Crippen molar-refractivity contribution in [1.82, 2.24) is 5.32 Å². The SMILES string of the molecule is C=CCNCC(C)Oc1ccccc1Br. The van der Waals surface area contributed by atoms with E-state index in [-0.39, 0.29) is 6.10 Å². The molecule has 0 aliphatic rings. The molecule has 0 saturated carbocycles. The zero-order chi connectivity index (χ0) is 11.1. The van der Waals surface area contributed by atoms with Crippen LogP contribution in [-0.4, -0.2) is 19.2 Å². The molecule has 1 atom stereocenters. The van der Waals surface area contributed by atoms with Gasteiger partial charge in [0.05, 0.1) is 4.47 Å². The predicted molar refractivity (Wildman–Crippen MR) is 67.3 cm³/mol. The van der Waals surface area contributed by atoms with Crippen LogP contribution in [0.4, 0.5) is 0 Å². The first-order valence-electron chi connectivity index (χ1n) is 4.97. The van der Waals surface area contributed by atoms with E-state index in [0.717, 1.165) is 23.3 Å². The fraction of sp³-hybridized carbons (Fsp3) is 0.333. The van der Waals surface area contributed by atoms with Gasteiger partial charge in [-0.05, 0) is 35.0 Å². The molecule has 0 amide bonds. The van der Waals surface area contributed by atoms with E-state index in [4.69, 9.17) is 4.74 Å². The van der Waals surface area contributed by atoms with E-state index in [0.29, 0.717) is 0 Å². The average molecular weight is 270 g/mol. The largest absolute Gasteiger partial charge is 0.488 e. The van der Waals surface area contributed by atoms with Gasteiger partial charge in [-0.2, -0.15) is 0 Å². The van der Waals surface area contributed by atoms with Crippen molar-refractivity contribution in [3.05, 3.63) is 41.4 Å². The summed E-state index contributed by atoms with van der Waals surface area (Å²) in [4.78, 5) is 0. The van der Waals surface area contributed by atoms with Gasteiger partial charge in [-0.3, -0.25) is 0 Å². The second-order valence-corrected chi connectivity index (χ2v) is 4.16. The number of para-hydroxylation sites is 1. The topological polar surface area (TPSA) is 21.3 Å². The number of rotatable bonds is 6. The van der Waals surface area contributed by atoms with Gasteiger partial charge in [0.25, 0.3) is 0 Å². The third-order valence-electron chi connectivity index (χ3n) is 1.89. The monoisotopic (exact) mass is 269 g/mol. The molecule has 82 valence electrons. The number of benzene rings is 1. The Kier molecular flexibility index (Phi) is 5.43. The van der Waals surface area contributed by atoms with Crippen LogP contribution in [0.15, 0.2) is 41.4 Å². The summed E-state index contributed by atoms with van der Waals surface area (Å²) < 4.78 is 6.73. The Morgan fingerprint density at radius 3 is 2.93 bits per heavy atom. The molecule has 0 saturated heterocycles. The summed E-state index contributed by atoms with van der Waals surface area (Å²) in [6.45, 7) is 7.30. The van der Waals surface area contributed by atoms with Gasteiger partial charge in [0.1, 0.15) is 11.9 Å². The molecule has 0 aromatic heterocycles. The van der Waals surface area contributed by atoms with E-state index in [1.54, 1.807) is 0 Å². The van der Waals surface area contributed by atoms with Gasteiger partial charge in [-0.25, -0.2) is 0 Å². The minimum Gasteiger partial charge on any atom is -0.488 e. The number of halogens is 1. The Hall–Kier alpha value is -0.800. The Balaban J connectivity index is 2.40. The minimum atomic E-state index is 0.142. The molecular weight excluding hydrogens is 254 g/mol. The van der Waals surface area contributed by atoms with Crippen molar-refractivity contribution in [2.24, 2.45) is 0 Å². The highest BCUT2D eigenvalue weighted by atomic mass is 79.9. The van der Waals surface area contributed by atoms with Crippen LogP contribution >= 0.6 is 15.9 Å². The summed E-state index contributed by atoms with van der Waals surface area (Å²) in [6.07, 6.45) is 1.98. The van der Waals surface area contributed by atoms with E-state index >= 15 is 0 Å². The average Bonchev–Trinajstić information content (AvgIpc) is 2.22. The first-order chi connectivity index (χ1) is 7.24. The van der Waals surface area contributed by atoms with E-state index in [9.17, 15) is 0 Å². The van der Waals surface area contributed by atoms with E-state index < -0.39 is 0 Å². The first-order valence-corrected chi connectivity index (χ1v) is 5.76. The molecular formula is C12H16BrNO. The molecule has 0 aliphatic carbocycles. The maximum absolute atomic E-state index is 5.75. The van der Waals surface area contributed by atoms with E-state index in [1.807, 2.05) is 37.3 Å². The Bertz CT molecular complexity index is 314. The zero-order valence-corrected chi connectivity index (χ0v) is 10.5. The summed E-state index contributed by atoms with van der Waals surface area (Å²) in [5.74, 6) is 0.880. The number of nitrogens with one attached hydrogen (secondary N) is 1. The lowest BCUT2D eigenvalue weighted by atomic mass is 10.3. The maximum atomic E-state index is 5.75. The molecule has 0 fully saturated rings. The standard InChI is InChI=1S/C12H16BrNO/c1-3-8-14-9-10(2)15-12-7-5-4-6-11(12)13/h3-7,10,14H,1,8-9H2,2H3. The van der Waals surface area contributed by atoms with Gasteiger partial charge in [-0.15, -0.1) is 6.58 Å². The van der Waals surface area contributed by atoms with Crippen LogP contribution in [0.5, 0.6) is 5.75 Å². The maximum Gasteiger partial charge on any atom is 0.133 e. The lowest BCUT2D eigenvalue weighted by Crippen LogP contribution is -2.29. The molecule has 15 heavy (non-hydrogen) atoms. The highest BCUT2D eigenvalue weighted by molar-refractivity contribution is 9.10. The third kappa shape index (κ3) is 4.49. The molecule has 1 aromatic rings. The van der Waals surface area contributed by atoms with Crippen molar-refractivity contribution >= 4 is 15.9 Å². The van der Waals surface area contributed by atoms with Crippen molar-refractivity contribution in [3.8, 4) is 5.75 Å². The highest BCUT2D eigenvalue weighted by Crippen LogP contribution is 2.24. The van der Waals surface area contributed by atoms with Gasteiger partial charge in [-0.1, -0.05) is 18.2 Å². The molecule has 3 heteroatoms. The van der Waals surface area contributed by atoms with E-state index in [2.05, 4.69) is 27.8 Å². The van der Waals surface area contributed by atoms with Gasteiger partial charge in [0.2, 0.25) is 0 Å². The molecule has 1 aromatic carbocycles. The second kappa shape index (κ2) is 6.64. The Morgan fingerprint density at radius 2 is 2.27 bits per heavy atom. The molecule has 1 unspecified atom stereocenters. The van der Waals surface area contributed by atoms with Crippen LogP contribution in [0.1, 0.15) is 6.92 Å². The molecule has 0 aliphatic heterocycles. The van der Waals surface area contributed by atoms with Gasteiger partial charge in [0, 0.05) is 13.1 Å². The lowest BCUT2D eigenvalue weighted by molar-refractivity contribution is 0.217. The summed E-state index contributed by atoms with van der Waals surface area (Å²) >= 11 is 3.45.